The third-order valence-corrected chi connectivity index (χ3v) is 3.46. The second-order valence-electron chi connectivity index (χ2n) is 4.08. The molecular weight excluding hydrogens is 230 g/mol. The minimum Gasteiger partial charge on any atom is -0.271 e. The lowest BCUT2D eigenvalue weighted by atomic mass is 10.1. The fourth-order valence-electron chi connectivity index (χ4n) is 1.87. The topological polar surface area (TPSA) is 50.9 Å². The number of pyridine rings is 1. The molecule has 17 heavy (non-hydrogen) atoms. The number of hydrazine groups is 1. The van der Waals surface area contributed by atoms with Gasteiger partial charge in [0.1, 0.15) is 0 Å². The summed E-state index contributed by atoms with van der Waals surface area (Å²) in [7, 11) is 0. The van der Waals surface area contributed by atoms with Crippen LogP contribution in [0.5, 0.6) is 0 Å². The van der Waals surface area contributed by atoms with Gasteiger partial charge in [0.15, 0.2) is 0 Å². The van der Waals surface area contributed by atoms with Crippen LogP contribution in [0, 0.1) is 6.92 Å². The summed E-state index contributed by atoms with van der Waals surface area (Å²) in [6, 6.07) is 10.6. The predicted octanol–water partition coefficient (Wildman–Crippen LogP) is 2.41. The Morgan fingerprint density at radius 3 is 2.88 bits per heavy atom. The molecule has 1 aromatic heterocycles. The van der Waals surface area contributed by atoms with Crippen molar-refractivity contribution in [2.45, 2.75) is 13.0 Å². The molecule has 1 atom stereocenters. The first-order valence-corrected chi connectivity index (χ1v) is 6.96. The number of hydrogen-bond acceptors (Lipinski definition) is 4. The molecule has 4 heteroatoms. The summed E-state index contributed by atoms with van der Waals surface area (Å²) >= 11 is 1.78. The van der Waals surface area contributed by atoms with Crippen LogP contribution in [0.3, 0.4) is 0 Å². The molecule has 0 aliphatic rings. The van der Waals surface area contributed by atoms with Crippen LogP contribution in [0.2, 0.25) is 0 Å². The zero-order valence-electron chi connectivity index (χ0n) is 10.1. The van der Waals surface area contributed by atoms with Crippen LogP contribution in [0.4, 0.5) is 0 Å². The number of nitrogens with zero attached hydrogens (tertiary/aromatic N) is 1. The van der Waals surface area contributed by atoms with Gasteiger partial charge in [0, 0.05) is 16.8 Å². The van der Waals surface area contributed by atoms with E-state index in [2.05, 4.69) is 40.9 Å². The Balaban J connectivity index is 2.40. The van der Waals surface area contributed by atoms with E-state index in [9.17, 15) is 0 Å². The van der Waals surface area contributed by atoms with E-state index in [-0.39, 0.29) is 6.04 Å². The number of hydrogen-bond donors (Lipinski definition) is 2. The number of aryl methyl sites for hydroxylation is 1. The normalized spacial score (nSPS) is 12.9. The van der Waals surface area contributed by atoms with Crippen molar-refractivity contribution >= 4 is 22.7 Å². The quantitative estimate of drug-likeness (QED) is 0.643. The second kappa shape index (κ2) is 5.49. The van der Waals surface area contributed by atoms with Crippen LogP contribution < -0.4 is 11.3 Å². The Labute approximate surface area is 106 Å². The number of rotatable bonds is 4. The van der Waals surface area contributed by atoms with Gasteiger partial charge in [0.05, 0.1) is 11.6 Å². The number of aromatic nitrogens is 1. The molecule has 3 N–H and O–H groups in total. The highest BCUT2D eigenvalue weighted by Gasteiger charge is 2.09. The first-order chi connectivity index (χ1) is 8.24. The monoisotopic (exact) mass is 247 g/mol. The average Bonchev–Trinajstić information content (AvgIpc) is 2.35. The van der Waals surface area contributed by atoms with Crippen molar-refractivity contribution in [3.63, 3.8) is 0 Å². The maximum absolute atomic E-state index is 5.58. The van der Waals surface area contributed by atoms with Crippen molar-refractivity contribution in [1.29, 1.82) is 0 Å². The minimum absolute atomic E-state index is 0.190. The fourth-order valence-corrected chi connectivity index (χ4v) is 2.49. The van der Waals surface area contributed by atoms with Gasteiger partial charge >= 0.3 is 0 Å². The molecule has 0 aliphatic carbocycles. The van der Waals surface area contributed by atoms with E-state index < -0.39 is 0 Å². The summed E-state index contributed by atoms with van der Waals surface area (Å²) in [5.74, 6) is 6.54. The molecule has 0 spiro atoms. The van der Waals surface area contributed by atoms with E-state index in [1.54, 1.807) is 11.8 Å². The summed E-state index contributed by atoms with van der Waals surface area (Å²) in [5.41, 5.74) is 6.14. The van der Waals surface area contributed by atoms with Gasteiger partial charge in [-0.1, -0.05) is 12.1 Å². The number of thioether (sulfide) groups is 1. The van der Waals surface area contributed by atoms with Gasteiger partial charge in [-0.3, -0.25) is 16.3 Å². The molecular formula is C13H17N3S. The van der Waals surface area contributed by atoms with Crippen LogP contribution >= 0.6 is 11.8 Å². The molecule has 0 fully saturated rings. The number of nitrogens with two attached hydrogens (primary N) is 1. The summed E-state index contributed by atoms with van der Waals surface area (Å²) in [6.45, 7) is 2.01. The largest absolute Gasteiger partial charge is 0.271 e. The van der Waals surface area contributed by atoms with Crippen molar-refractivity contribution in [3.8, 4) is 0 Å². The molecule has 0 aliphatic heterocycles. The second-order valence-corrected chi connectivity index (χ2v) is 4.99. The summed E-state index contributed by atoms with van der Waals surface area (Å²) in [6.07, 6.45) is 2.08. The van der Waals surface area contributed by atoms with Crippen LogP contribution in [0.25, 0.3) is 10.9 Å². The Bertz CT molecular complexity index is 513. The predicted molar refractivity (Wildman–Crippen MR) is 74.9 cm³/mol. The van der Waals surface area contributed by atoms with E-state index in [0.717, 1.165) is 22.3 Å². The minimum atomic E-state index is 0.190. The maximum atomic E-state index is 5.58. The number of nitrogens with one attached hydrogen (secondary N) is 1. The SMILES string of the molecule is CSCC(NN)c1ccc2nc(C)ccc2c1. The standard InChI is InChI=1S/C13H17N3S/c1-9-3-4-10-7-11(5-6-12(10)15-9)13(16-14)8-17-2/h3-7,13,16H,8,14H2,1-2H3. The first-order valence-electron chi connectivity index (χ1n) is 5.57. The molecule has 2 aromatic rings. The molecule has 2 rings (SSSR count). The molecule has 0 bridgehead atoms. The lowest BCUT2D eigenvalue weighted by Crippen LogP contribution is -2.29. The zero-order chi connectivity index (χ0) is 12.3. The molecule has 1 unspecified atom stereocenters. The lowest BCUT2D eigenvalue weighted by Gasteiger charge is -2.15. The Morgan fingerprint density at radius 1 is 1.35 bits per heavy atom. The fraction of sp³-hybridized carbons (Fsp3) is 0.308. The van der Waals surface area contributed by atoms with E-state index in [1.807, 2.05) is 13.0 Å². The van der Waals surface area contributed by atoms with Gasteiger partial charge in [-0.05, 0) is 36.9 Å². The molecule has 1 heterocycles. The first kappa shape index (κ1) is 12.4. The molecule has 0 radical (unpaired) electrons. The van der Waals surface area contributed by atoms with E-state index in [4.69, 9.17) is 5.84 Å². The van der Waals surface area contributed by atoms with Crippen LogP contribution in [-0.4, -0.2) is 17.0 Å². The number of fused-ring (bicyclic) bond motifs is 1. The third-order valence-electron chi connectivity index (χ3n) is 2.79. The Kier molecular flexibility index (Phi) is 3.99. The van der Waals surface area contributed by atoms with E-state index >= 15 is 0 Å². The molecule has 0 saturated carbocycles. The lowest BCUT2D eigenvalue weighted by molar-refractivity contribution is 0.612. The average molecular weight is 247 g/mol. The highest BCUT2D eigenvalue weighted by atomic mass is 32.2. The summed E-state index contributed by atoms with van der Waals surface area (Å²) in [5, 5.41) is 1.16. The van der Waals surface area contributed by atoms with Gasteiger partial charge in [-0.15, -0.1) is 0 Å². The third kappa shape index (κ3) is 2.77. The van der Waals surface area contributed by atoms with Gasteiger partial charge < -0.3 is 0 Å². The van der Waals surface area contributed by atoms with Crippen molar-refractivity contribution < 1.29 is 0 Å². The molecule has 0 amide bonds. The highest BCUT2D eigenvalue weighted by molar-refractivity contribution is 7.98. The Hall–Kier alpha value is -1.10. The van der Waals surface area contributed by atoms with Crippen molar-refractivity contribution in [1.82, 2.24) is 10.4 Å². The smallest absolute Gasteiger partial charge is 0.0705 e. The molecule has 90 valence electrons. The van der Waals surface area contributed by atoms with E-state index in [1.165, 1.54) is 5.56 Å². The van der Waals surface area contributed by atoms with Gasteiger partial charge in [-0.2, -0.15) is 11.8 Å². The molecule has 0 saturated heterocycles. The maximum Gasteiger partial charge on any atom is 0.0705 e. The molecule has 1 aromatic carbocycles. The molecule has 3 nitrogen and oxygen atoms in total. The number of benzene rings is 1. The van der Waals surface area contributed by atoms with Crippen LogP contribution in [0.1, 0.15) is 17.3 Å². The van der Waals surface area contributed by atoms with E-state index in [0.29, 0.717) is 0 Å². The van der Waals surface area contributed by atoms with Gasteiger partial charge in [0.2, 0.25) is 0 Å². The van der Waals surface area contributed by atoms with Crippen molar-refractivity contribution in [3.05, 3.63) is 41.6 Å². The summed E-state index contributed by atoms with van der Waals surface area (Å²) < 4.78 is 0. The summed E-state index contributed by atoms with van der Waals surface area (Å²) in [4.78, 5) is 4.49. The zero-order valence-corrected chi connectivity index (χ0v) is 10.9. The van der Waals surface area contributed by atoms with Gasteiger partial charge in [-0.25, -0.2) is 0 Å². The van der Waals surface area contributed by atoms with Crippen molar-refractivity contribution in [2.24, 2.45) is 5.84 Å². The van der Waals surface area contributed by atoms with Crippen molar-refractivity contribution in [2.75, 3.05) is 12.0 Å². The highest BCUT2D eigenvalue weighted by Crippen LogP contribution is 2.21. The van der Waals surface area contributed by atoms with Crippen LogP contribution in [0.15, 0.2) is 30.3 Å². The Morgan fingerprint density at radius 2 is 2.18 bits per heavy atom. The van der Waals surface area contributed by atoms with Crippen LogP contribution in [-0.2, 0) is 0 Å². The van der Waals surface area contributed by atoms with Gasteiger partial charge in [0.25, 0.3) is 0 Å².